The van der Waals surface area contributed by atoms with Crippen LogP contribution in [0.2, 0.25) is 0 Å². The molecule has 5 N–H and O–H groups in total. The smallest absolute Gasteiger partial charge is 0.269 e. The second-order valence-electron chi connectivity index (χ2n) is 6.32. The van der Waals surface area contributed by atoms with E-state index >= 15 is 0 Å². The highest BCUT2D eigenvalue weighted by Gasteiger charge is 2.23. The molecule has 0 spiro atoms. The van der Waals surface area contributed by atoms with Gasteiger partial charge in [-0.15, -0.1) is 0 Å². The van der Waals surface area contributed by atoms with Crippen LogP contribution in [0, 0.1) is 0 Å². The van der Waals surface area contributed by atoms with Crippen LogP contribution < -0.4 is 16.6 Å². The van der Waals surface area contributed by atoms with Gasteiger partial charge in [-0.3, -0.25) is 20.4 Å². The molecule has 0 heterocycles. The van der Waals surface area contributed by atoms with Crippen molar-refractivity contribution in [1.82, 2.24) is 10.9 Å². The fraction of sp³-hybridized carbons (Fsp3) is 0.368. The van der Waals surface area contributed by atoms with Crippen LogP contribution in [0.3, 0.4) is 0 Å². The number of aliphatic hydroxyl groups is 1. The number of carbonyl (C=O) groups excluding carboxylic acids is 2. The molecule has 2 amide bonds. The van der Waals surface area contributed by atoms with Gasteiger partial charge in [-0.05, 0) is 40.3 Å². The van der Waals surface area contributed by atoms with Crippen LogP contribution in [0.5, 0.6) is 0 Å². The minimum absolute atomic E-state index is 0.413. The van der Waals surface area contributed by atoms with Gasteiger partial charge in [0.05, 0.1) is 0 Å². The number of nitrogens with one attached hydrogen (secondary N) is 2. The maximum absolute atomic E-state index is 12.2. The van der Waals surface area contributed by atoms with Crippen molar-refractivity contribution < 1.29 is 14.7 Å². The molecular weight excluding hydrogens is 350 g/mol. The first-order valence-corrected chi connectivity index (χ1v) is 9.57. The van der Waals surface area contributed by atoms with Crippen molar-refractivity contribution in [3.8, 4) is 0 Å². The summed E-state index contributed by atoms with van der Waals surface area (Å²) >= 11 is 1.71. The van der Waals surface area contributed by atoms with E-state index in [1.165, 1.54) is 0 Å². The van der Waals surface area contributed by atoms with Gasteiger partial charge in [0.1, 0.15) is 6.10 Å². The van der Waals surface area contributed by atoms with Crippen LogP contribution in [0.4, 0.5) is 0 Å². The fourth-order valence-electron chi connectivity index (χ4n) is 2.39. The summed E-state index contributed by atoms with van der Waals surface area (Å²) < 4.78 is 0. The lowest BCUT2D eigenvalue weighted by molar-refractivity contribution is -0.131. The standard InChI is InChI=1S/C19H25N3O3S/c1-12(2)26-10-9-16(20)17(23)19(25)22-21-18(24)15-8-7-13-5-3-4-6-14(13)11-15/h3-8,11-12,16-17,23H,9-10,20H2,1-2H3,(H,21,24)(H,22,25)/t16-,17?/m1/s1. The molecule has 2 rings (SSSR count). The topological polar surface area (TPSA) is 104 Å². The van der Waals surface area contributed by atoms with Crippen LogP contribution in [-0.2, 0) is 4.79 Å². The zero-order valence-electron chi connectivity index (χ0n) is 14.9. The highest BCUT2D eigenvalue weighted by Crippen LogP contribution is 2.15. The first-order chi connectivity index (χ1) is 12.4. The third-order valence-electron chi connectivity index (χ3n) is 3.89. The van der Waals surface area contributed by atoms with E-state index in [1.807, 2.05) is 30.3 Å². The maximum atomic E-state index is 12.2. The molecule has 2 aromatic carbocycles. The van der Waals surface area contributed by atoms with Gasteiger partial charge in [0, 0.05) is 11.6 Å². The number of carbonyl (C=O) groups is 2. The minimum atomic E-state index is -1.38. The fourth-order valence-corrected chi connectivity index (χ4v) is 3.27. The molecule has 0 bridgehead atoms. The Hall–Kier alpha value is -2.09. The molecule has 0 radical (unpaired) electrons. The van der Waals surface area contributed by atoms with Crippen molar-refractivity contribution in [3.05, 3.63) is 48.0 Å². The molecule has 2 aromatic rings. The number of hydrogen-bond acceptors (Lipinski definition) is 5. The number of nitrogens with two attached hydrogens (primary N) is 1. The van der Waals surface area contributed by atoms with Gasteiger partial charge in [-0.25, -0.2) is 0 Å². The van der Waals surface area contributed by atoms with Crippen LogP contribution in [0.25, 0.3) is 10.8 Å². The lowest BCUT2D eigenvalue weighted by Crippen LogP contribution is -2.52. The molecule has 2 atom stereocenters. The molecule has 0 fully saturated rings. The summed E-state index contributed by atoms with van der Waals surface area (Å²) in [6.07, 6.45) is -0.865. The normalized spacial score (nSPS) is 13.4. The summed E-state index contributed by atoms with van der Waals surface area (Å²) in [5, 5.41) is 12.4. The third-order valence-corrected chi connectivity index (χ3v) is 5.03. The molecule has 6 nitrogen and oxygen atoms in total. The minimum Gasteiger partial charge on any atom is -0.382 e. The number of aliphatic hydroxyl groups excluding tert-OH is 1. The molecule has 0 saturated heterocycles. The first kappa shape index (κ1) is 20.2. The van der Waals surface area contributed by atoms with E-state index < -0.39 is 24.0 Å². The van der Waals surface area contributed by atoms with E-state index in [-0.39, 0.29) is 0 Å². The summed E-state index contributed by atoms with van der Waals surface area (Å²) in [5.41, 5.74) is 10.8. The monoisotopic (exact) mass is 375 g/mol. The highest BCUT2D eigenvalue weighted by atomic mass is 32.2. The Morgan fingerprint density at radius 3 is 2.50 bits per heavy atom. The zero-order chi connectivity index (χ0) is 19.1. The summed E-state index contributed by atoms with van der Waals surface area (Å²) in [6.45, 7) is 4.14. The molecule has 0 aromatic heterocycles. The first-order valence-electron chi connectivity index (χ1n) is 8.52. The lowest BCUT2D eigenvalue weighted by atomic mass is 10.1. The number of benzene rings is 2. The van der Waals surface area contributed by atoms with Gasteiger partial charge in [-0.1, -0.05) is 44.2 Å². The Morgan fingerprint density at radius 2 is 1.81 bits per heavy atom. The number of amides is 2. The number of hydrogen-bond donors (Lipinski definition) is 4. The molecule has 0 aliphatic heterocycles. The highest BCUT2D eigenvalue weighted by molar-refractivity contribution is 7.99. The van der Waals surface area contributed by atoms with E-state index in [2.05, 4.69) is 24.7 Å². The number of thioether (sulfide) groups is 1. The Bertz CT molecular complexity index is 767. The van der Waals surface area contributed by atoms with Gasteiger partial charge in [-0.2, -0.15) is 11.8 Å². The van der Waals surface area contributed by atoms with Crippen molar-refractivity contribution in [2.75, 3.05) is 5.75 Å². The van der Waals surface area contributed by atoms with Crippen molar-refractivity contribution in [2.45, 2.75) is 37.7 Å². The number of hydrazine groups is 1. The molecule has 140 valence electrons. The average molecular weight is 375 g/mol. The summed E-state index contributed by atoms with van der Waals surface area (Å²) in [5.74, 6) is -0.423. The second kappa shape index (κ2) is 9.56. The zero-order valence-corrected chi connectivity index (χ0v) is 15.8. The van der Waals surface area contributed by atoms with E-state index in [0.717, 1.165) is 16.5 Å². The van der Waals surface area contributed by atoms with Crippen molar-refractivity contribution >= 4 is 34.3 Å². The van der Waals surface area contributed by atoms with Gasteiger partial charge < -0.3 is 10.8 Å². The van der Waals surface area contributed by atoms with E-state index in [9.17, 15) is 14.7 Å². The van der Waals surface area contributed by atoms with Crippen molar-refractivity contribution in [3.63, 3.8) is 0 Å². The summed E-state index contributed by atoms with van der Waals surface area (Å²) in [6, 6.07) is 12.2. The summed E-state index contributed by atoms with van der Waals surface area (Å²) in [4.78, 5) is 24.2. The van der Waals surface area contributed by atoms with Gasteiger partial charge in [0.25, 0.3) is 11.8 Å². The van der Waals surface area contributed by atoms with Crippen LogP contribution in [0.15, 0.2) is 42.5 Å². The second-order valence-corrected chi connectivity index (χ2v) is 8.01. The lowest BCUT2D eigenvalue weighted by Gasteiger charge is -2.19. The SMILES string of the molecule is CC(C)SCC[C@@H](N)C(O)C(=O)NNC(=O)c1ccc2ccccc2c1. The predicted molar refractivity (Wildman–Crippen MR) is 106 cm³/mol. The van der Waals surface area contributed by atoms with Crippen molar-refractivity contribution in [2.24, 2.45) is 5.73 Å². The molecule has 0 aliphatic carbocycles. The maximum Gasteiger partial charge on any atom is 0.269 e. The Balaban J connectivity index is 1.85. The van der Waals surface area contributed by atoms with Crippen LogP contribution in [0.1, 0.15) is 30.6 Å². The van der Waals surface area contributed by atoms with Crippen LogP contribution in [-0.4, -0.2) is 40.1 Å². The quantitative estimate of drug-likeness (QED) is 0.553. The van der Waals surface area contributed by atoms with Gasteiger partial charge >= 0.3 is 0 Å². The van der Waals surface area contributed by atoms with E-state index in [0.29, 0.717) is 17.2 Å². The van der Waals surface area contributed by atoms with Gasteiger partial charge in [0.2, 0.25) is 0 Å². The number of rotatable bonds is 7. The largest absolute Gasteiger partial charge is 0.382 e. The molecule has 7 heteroatoms. The Kier molecular flexibility index (Phi) is 7.44. The van der Waals surface area contributed by atoms with Crippen molar-refractivity contribution in [1.29, 1.82) is 0 Å². The molecule has 1 unspecified atom stereocenters. The Morgan fingerprint density at radius 1 is 1.12 bits per heavy atom. The number of fused-ring (bicyclic) bond motifs is 1. The van der Waals surface area contributed by atoms with E-state index in [1.54, 1.807) is 23.9 Å². The van der Waals surface area contributed by atoms with E-state index in [4.69, 9.17) is 5.73 Å². The third kappa shape index (κ3) is 5.72. The molecular formula is C19H25N3O3S. The van der Waals surface area contributed by atoms with Gasteiger partial charge in [0.15, 0.2) is 0 Å². The van der Waals surface area contributed by atoms with Crippen LogP contribution >= 0.6 is 11.8 Å². The molecule has 26 heavy (non-hydrogen) atoms. The summed E-state index contributed by atoms with van der Waals surface area (Å²) in [7, 11) is 0. The average Bonchev–Trinajstić information content (AvgIpc) is 2.64. The predicted octanol–water partition coefficient (Wildman–Crippen LogP) is 1.82. The molecule has 0 aliphatic rings. The molecule has 0 saturated carbocycles. The Labute approximate surface area is 157 Å².